The summed E-state index contributed by atoms with van der Waals surface area (Å²) in [5, 5.41) is 26.6. The summed E-state index contributed by atoms with van der Waals surface area (Å²) in [6, 6.07) is 4.31. The molecule has 1 atom stereocenters. The van der Waals surface area contributed by atoms with Gasteiger partial charge in [0, 0.05) is 38.3 Å². The average Bonchev–Trinajstić information content (AvgIpc) is 2.48. The van der Waals surface area contributed by atoms with Crippen LogP contribution in [-0.2, 0) is 0 Å². The fourth-order valence-corrected chi connectivity index (χ4v) is 2.41. The third kappa shape index (κ3) is 11.7. The van der Waals surface area contributed by atoms with Crippen LogP contribution in [0, 0.1) is 28.6 Å². The van der Waals surface area contributed by atoms with Crippen molar-refractivity contribution in [3.05, 3.63) is 12.2 Å². The fourth-order valence-electron chi connectivity index (χ4n) is 2.41. The van der Waals surface area contributed by atoms with Crippen LogP contribution in [0.3, 0.4) is 0 Å². The Morgan fingerprint density at radius 2 is 1.78 bits per heavy atom. The molecule has 6 nitrogen and oxygen atoms in total. The van der Waals surface area contributed by atoms with Gasteiger partial charge >= 0.3 is 0 Å². The fraction of sp³-hybridized carbons (Fsp3) is 0.765. The number of hydrogen-bond acceptors (Lipinski definition) is 6. The van der Waals surface area contributed by atoms with Crippen molar-refractivity contribution in [3.8, 4) is 12.1 Å². The highest BCUT2D eigenvalue weighted by Gasteiger charge is 2.20. The van der Waals surface area contributed by atoms with Gasteiger partial charge in [0.15, 0.2) is 0 Å². The molecule has 1 heterocycles. The van der Waals surface area contributed by atoms with E-state index in [1.54, 1.807) is 0 Å². The zero-order valence-corrected chi connectivity index (χ0v) is 15.0. The zero-order valence-electron chi connectivity index (χ0n) is 15.0. The van der Waals surface area contributed by atoms with E-state index in [9.17, 15) is 5.11 Å². The van der Waals surface area contributed by atoms with Crippen LogP contribution in [-0.4, -0.2) is 86.8 Å². The molecule has 0 aromatic carbocycles. The van der Waals surface area contributed by atoms with Crippen molar-refractivity contribution in [1.29, 1.82) is 10.5 Å². The molecule has 1 aliphatic heterocycles. The van der Waals surface area contributed by atoms with Crippen LogP contribution < -0.4 is 0 Å². The number of piperidine rings is 1. The van der Waals surface area contributed by atoms with Crippen LogP contribution >= 0.6 is 0 Å². The highest BCUT2D eigenvalue weighted by Crippen LogP contribution is 2.12. The van der Waals surface area contributed by atoms with Gasteiger partial charge in [-0.3, -0.25) is 0 Å². The Hall–Kier alpha value is -1.44. The van der Waals surface area contributed by atoms with Gasteiger partial charge in [-0.2, -0.15) is 10.5 Å². The molecule has 1 saturated heterocycles. The van der Waals surface area contributed by atoms with Crippen molar-refractivity contribution in [2.45, 2.75) is 18.9 Å². The van der Waals surface area contributed by atoms with Gasteiger partial charge in [-0.15, -0.1) is 0 Å². The van der Waals surface area contributed by atoms with E-state index in [0.29, 0.717) is 12.1 Å². The Bertz CT molecular complexity index is 414. The van der Waals surface area contributed by atoms with Crippen LogP contribution in [0.25, 0.3) is 0 Å². The Kier molecular flexibility index (Phi) is 11.3. The minimum atomic E-state index is -0.129. The van der Waals surface area contributed by atoms with Gasteiger partial charge in [0.1, 0.15) is 0 Å². The van der Waals surface area contributed by atoms with Crippen LogP contribution in [0.5, 0.6) is 0 Å². The summed E-state index contributed by atoms with van der Waals surface area (Å²) in [6.07, 6.45) is 1.57. The van der Waals surface area contributed by atoms with Crippen LogP contribution in [0.1, 0.15) is 12.8 Å². The predicted octanol–water partition coefficient (Wildman–Crippen LogP) is 0.772. The first kappa shape index (κ1) is 21.6. The quantitative estimate of drug-likeness (QED) is 0.728. The molecule has 1 unspecified atom stereocenters. The summed E-state index contributed by atoms with van der Waals surface area (Å²) in [4.78, 5) is 6.24. The number of aliphatic hydroxyl groups is 1. The predicted molar refractivity (Wildman–Crippen MR) is 92.6 cm³/mol. The largest absolute Gasteiger partial charge is 0.393 e. The summed E-state index contributed by atoms with van der Waals surface area (Å²) >= 11 is 0. The number of aliphatic hydroxyl groups excluding tert-OH is 1. The van der Waals surface area contributed by atoms with Crippen molar-refractivity contribution < 1.29 is 5.11 Å². The molecular formula is C17H31N5O. The third-order valence-corrected chi connectivity index (χ3v) is 3.47. The van der Waals surface area contributed by atoms with Crippen LogP contribution in [0.2, 0.25) is 0 Å². The molecule has 0 aromatic rings. The molecule has 130 valence electrons. The molecule has 0 aromatic heterocycles. The first-order valence-electron chi connectivity index (χ1n) is 7.95. The molecule has 23 heavy (non-hydrogen) atoms. The number of likely N-dealkylation sites (tertiary alicyclic amines) is 1. The lowest BCUT2D eigenvalue weighted by molar-refractivity contribution is 0.0765. The van der Waals surface area contributed by atoms with E-state index in [1.165, 1.54) is 0 Å². The number of hydrogen-bond donors (Lipinski definition) is 1. The number of rotatable bonds is 6. The molecule has 1 N–H and O–H groups in total. The van der Waals surface area contributed by atoms with Crippen LogP contribution in [0.4, 0.5) is 0 Å². The first-order valence-corrected chi connectivity index (χ1v) is 7.95. The third-order valence-electron chi connectivity index (χ3n) is 3.47. The molecule has 1 aliphatic rings. The molecule has 0 spiro atoms. The molecule has 0 saturated carbocycles. The van der Waals surface area contributed by atoms with E-state index >= 15 is 0 Å². The molecule has 0 bridgehead atoms. The summed E-state index contributed by atoms with van der Waals surface area (Å²) < 4.78 is 0. The van der Waals surface area contributed by atoms with Crippen molar-refractivity contribution in [2.75, 3.05) is 60.9 Å². The van der Waals surface area contributed by atoms with E-state index in [-0.39, 0.29) is 12.0 Å². The second-order valence-corrected chi connectivity index (χ2v) is 6.57. The van der Waals surface area contributed by atoms with Gasteiger partial charge < -0.3 is 19.8 Å². The lowest BCUT2D eigenvalue weighted by Crippen LogP contribution is -2.40. The van der Waals surface area contributed by atoms with E-state index in [0.717, 1.165) is 39.0 Å². The Balaban J connectivity index is 0.000000515. The van der Waals surface area contributed by atoms with Gasteiger partial charge in [0.05, 0.1) is 24.2 Å². The topological polar surface area (TPSA) is 77.5 Å². The molecule has 1 rings (SSSR count). The summed E-state index contributed by atoms with van der Waals surface area (Å²) in [5.74, 6) is 0.0789. The normalized spacial score (nSPS) is 17.1. The van der Waals surface area contributed by atoms with Gasteiger partial charge in [-0.05, 0) is 41.0 Å². The zero-order chi connectivity index (χ0) is 17.8. The highest BCUT2D eigenvalue weighted by molar-refractivity contribution is 5.17. The second kappa shape index (κ2) is 12.0. The number of nitrogens with zero attached hydrogens (tertiary/aromatic N) is 5. The number of likely N-dealkylation sites (N-methyl/N-ethyl adjacent to an activating group) is 1. The second-order valence-electron chi connectivity index (χ2n) is 6.57. The molecule has 1 fully saturated rings. The van der Waals surface area contributed by atoms with Crippen molar-refractivity contribution in [2.24, 2.45) is 5.92 Å². The molecule has 6 heteroatoms. The van der Waals surface area contributed by atoms with Crippen molar-refractivity contribution in [1.82, 2.24) is 14.7 Å². The molecule has 0 amide bonds. The maximum atomic E-state index is 9.36. The maximum Gasteiger partial charge on any atom is 0.0954 e. The SMILES string of the molecule is C=C(C#N)CN(C)C.CN(C)CC(C#N)CN1CCC(O)CC1. The van der Waals surface area contributed by atoms with Gasteiger partial charge in [-0.1, -0.05) is 6.58 Å². The number of nitriles is 2. The molecule has 0 aliphatic carbocycles. The maximum absolute atomic E-state index is 9.36. The Labute approximate surface area is 141 Å². The van der Waals surface area contributed by atoms with E-state index < -0.39 is 0 Å². The summed E-state index contributed by atoms with van der Waals surface area (Å²) in [5.41, 5.74) is 0.606. The summed E-state index contributed by atoms with van der Waals surface area (Å²) in [6.45, 7) is 7.67. The standard InChI is InChI=1S/C11H21N3O.C6H10N2/c1-13(2)8-10(7-12)9-14-5-3-11(15)4-6-14;1-6(4-7)5-8(2)3/h10-11,15H,3-6,8-9H2,1-2H3;1,5H2,2-3H3. The van der Waals surface area contributed by atoms with Gasteiger partial charge in [0.2, 0.25) is 0 Å². The molecule has 0 radical (unpaired) electrons. The minimum absolute atomic E-state index is 0.0789. The Morgan fingerprint density at radius 3 is 2.13 bits per heavy atom. The highest BCUT2D eigenvalue weighted by atomic mass is 16.3. The monoisotopic (exact) mass is 321 g/mol. The first-order chi connectivity index (χ1) is 10.8. The van der Waals surface area contributed by atoms with E-state index in [4.69, 9.17) is 10.5 Å². The Morgan fingerprint density at radius 1 is 1.22 bits per heavy atom. The van der Waals surface area contributed by atoms with E-state index in [1.807, 2.05) is 44.1 Å². The summed E-state index contributed by atoms with van der Waals surface area (Å²) in [7, 11) is 7.79. The lowest BCUT2D eigenvalue weighted by Gasteiger charge is -2.31. The van der Waals surface area contributed by atoms with Crippen LogP contribution in [0.15, 0.2) is 12.2 Å². The lowest BCUT2D eigenvalue weighted by atomic mass is 10.1. The van der Waals surface area contributed by atoms with Gasteiger partial charge in [0.25, 0.3) is 0 Å². The van der Waals surface area contributed by atoms with Crippen molar-refractivity contribution >= 4 is 0 Å². The average molecular weight is 321 g/mol. The van der Waals surface area contributed by atoms with Crippen molar-refractivity contribution in [3.63, 3.8) is 0 Å². The van der Waals surface area contributed by atoms with Gasteiger partial charge in [-0.25, -0.2) is 0 Å². The molecular weight excluding hydrogens is 290 g/mol. The van der Waals surface area contributed by atoms with E-state index in [2.05, 4.69) is 17.5 Å². The smallest absolute Gasteiger partial charge is 0.0954 e. The minimum Gasteiger partial charge on any atom is -0.393 e.